The Morgan fingerprint density at radius 3 is 1.64 bits per heavy atom. The van der Waals surface area contributed by atoms with Crippen molar-refractivity contribution in [1.82, 2.24) is 0 Å². The molecule has 0 saturated carbocycles. The largest absolute Gasteiger partial charge is 0.376 e. The summed E-state index contributed by atoms with van der Waals surface area (Å²) in [6, 6.07) is 18.6. The van der Waals surface area contributed by atoms with Gasteiger partial charge in [-0.25, -0.2) is 0 Å². The summed E-state index contributed by atoms with van der Waals surface area (Å²) in [5.41, 5.74) is 1.59. The van der Waals surface area contributed by atoms with Crippen LogP contribution in [0.5, 0.6) is 0 Å². The minimum Gasteiger partial charge on any atom is -0.376 e. The van der Waals surface area contributed by atoms with E-state index in [1.807, 2.05) is 66.4 Å². The van der Waals surface area contributed by atoms with Gasteiger partial charge in [-0.05, 0) is 25.0 Å². The van der Waals surface area contributed by atoms with Gasteiger partial charge in [0.15, 0.2) is 0 Å². The van der Waals surface area contributed by atoms with Crippen molar-refractivity contribution in [2.24, 2.45) is 0 Å². The average molecular weight is 419 g/mol. The predicted molar refractivity (Wildman–Crippen MR) is 118 cm³/mol. The highest BCUT2D eigenvalue weighted by Gasteiger charge is 2.47. The average Bonchev–Trinajstić information content (AvgIpc) is 2.66. The van der Waals surface area contributed by atoms with E-state index < -0.39 is 21.3 Å². The molecule has 0 fully saturated rings. The summed E-state index contributed by atoms with van der Waals surface area (Å²) in [6.07, 6.45) is 0. The third-order valence-electron chi connectivity index (χ3n) is 4.22. The van der Waals surface area contributed by atoms with Gasteiger partial charge >= 0.3 is 7.60 Å². The van der Waals surface area contributed by atoms with E-state index in [0.29, 0.717) is 16.4 Å². The molecule has 2 rings (SSSR count). The molecule has 0 aromatic heterocycles. The van der Waals surface area contributed by atoms with Crippen molar-refractivity contribution < 1.29 is 18.7 Å². The monoisotopic (exact) mass is 418 g/mol. The van der Waals surface area contributed by atoms with Crippen LogP contribution < -0.4 is 0 Å². The van der Waals surface area contributed by atoms with Gasteiger partial charge in [0.2, 0.25) is 0 Å². The maximum Gasteiger partial charge on any atom is 0.360 e. The van der Waals surface area contributed by atoms with Gasteiger partial charge in [0.25, 0.3) is 0 Å². The second-order valence-corrected chi connectivity index (χ2v) is 14.7. The van der Waals surface area contributed by atoms with E-state index in [1.165, 1.54) is 0 Å². The molecule has 0 radical (unpaired) electrons. The molecule has 28 heavy (non-hydrogen) atoms. The Balaban J connectivity index is 2.88. The summed E-state index contributed by atoms with van der Waals surface area (Å²) < 4.78 is 25.3. The molecular formula is C22H31O4PSi. The van der Waals surface area contributed by atoms with E-state index in [1.54, 1.807) is 13.8 Å². The molecule has 2 aromatic carbocycles. The lowest BCUT2D eigenvalue weighted by Crippen LogP contribution is -2.33. The van der Waals surface area contributed by atoms with Gasteiger partial charge in [0.05, 0.1) is 26.6 Å². The Morgan fingerprint density at radius 2 is 1.32 bits per heavy atom. The minimum absolute atomic E-state index is 0.222. The second-order valence-electron chi connectivity index (χ2n) is 7.67. The first-order valence-electron chi connectivity index (χ1n) is 9.64. The number of benzene rings is 2. The van der Waals surface area contributed by atoms with E-state index in [2.05, 4.69) is 19.6 Å². The summed E-state index contributed by atoms with van der Waals surface area (Å²) in [5.74, 6) is 0. The van der Waals surface area contributed by atoms with E-state index in [-0.39, 0.29) is 13.2 Å². The van der Waals surface area contributed by atoms with Crippen molar-refractivity contribution >= 4 is 15.7 Å². The van der Waals surface area contributed by atoms with Crippen LogP contribution in [0.4, 0.5) is 0 Å². The summed E-state index contributed by atoms with van der Waals surface area (Å²) >= 11 is 0. The van der Waals surface area contributed by atoms with Gasteiger partial charge in [-0.15, -0.1) is 0 Å². The normalized spacial score (nSPS) is 13.6. The predicted octanol–water partition coefficient (Wildman–Crippen LogP) is 5.95. The molecule has 0 heterocycles. The van der Waals surface area contributed by atoms with Crippen LogP contribution in [0.1, 0.15) is 25.0 Å². The minimum atomic E-state index is -3.73. The van der Waals surface area contributed by atoms with E-state index in [9.17, 15) is 9.67 Å². The van der Waals surface area contributed by atoms with Crippen molar-refractivity contribution in [2.75, 3.05) is 13.2 Å². The second kappa shape index (κ2) is 9.34. The Hall–Kier alpha value is -1.49. The number of hydrogen-bond donors (Lipinski definition) is 1. The lowest BCUT2D eigenvalue weighted by molar-refractivity contribution is 0.119. The molecule has 0 aliphatic carbocycles. The molecule has 0 amide bonds. The third kappa shape index (κ3) is 5.10. The summed E-state index contributed by atoms with van der Waals surface area (Å²) in [7, 11) is -5.65. The molecule has 0 unspecified atom stereocenters. The van der Waals surface area contributed by atoms with Crippen molar-refractivity contribution in [2.45, 2.75) is 39.1 Å². The van der Waals surface area contributed by atoms with Crippen molar-refractivity contribution in [3.05, 3.63) is 82.8 Å². The van der Waals surface area contributed by atoms with Crippen molar-refractivity contribution in [3.8, 4) is 0 Å². The molecule has 0 aliphatic heterocycles. The Morgan fingerprint density at radius 1 is 0.929 bits per heavy atom. The zero-order valence-electron chi connectivity index (χ0n) is 17.4. The van der Waals surface area contributed by atoms with Crippen molar-refractivity contribution in [1.29, 1.82) is 0 Å². The Kier molecular flexibility index (Phi) is 7.60. The molecule has 6 heteroatoms. The molecule has 4 nitrogen and oxygen atoms in total. The highest BCUT2D eigenvalue weighted by Crippen LogP contribution is 2.63. The van der Waals surface area contributed by atoms with Gasteiger partial charge in [0, 0.05) is 0 Å². The fourth-order valence-corrected chi connectivity index (χ4v) is 7.64. The first-order chi connectivity index (χ1) is 13.2. The fourth-order valence-electron chi connectivity index (χ4n) is 3.13. The smallest absolute Gasteiger partial charge is 0.360 e. The zero-order valence-corrected chi connectivity index (χ0v) is 19.3. The third-order valence-corrected chi connectivity index (χ3v) is 7.85. The lowest BCUT2D eigenvalue weighted by atomic mass is 9.86. The van der Waals surface area contributed by atoms with Crippen LogP contribution in [0.15, 0.2) is 71.7 Å². The van der Waals surface area contributed by atoms with Crippen LogP contribution in [0.2, 0.25) is 19.6 Å². The van der Waals surface area contributed by atoms with Crippen LogP contribution >= 0.6 is 7.60 Å². The molecule has 1 N–H and O–H groups in total. The van der Waals surface area contributed by atoms with Crippen LogP contribution in [0, 0.1) is 0 Å². The van der Waals surface area contributed by atoms with Crippen molar-refractivity contribution in [3.63, 3.8) is 0 Å². The van der Waals surface area contributed by atoms with Gasteiger partial charge in [-0.1, -0.05) is 86.0 Å². The van der Waals surface area contributed by atoms with Gasteiger partial charge in [0.1, 0.15) is 5.60 Å². The lowest BCUT2D eigenvalue weighted by Gasteiger charge is -2.36. The molecule has 0 aliphatic rings. The number of rotatable bonds is 9. The summed E-state index contributed by atoms with van der Waals surface area (Å²) in [5, 5.41) is 12.5. The van der Waals surface area contributed by atoms with Gasteiger partial charge in [-0.2, -0.15) is 0 Å². The highest BCUT2D eigenvalue weighted by molar-refractivity contribution is 7.58. The zero-order chi connectivity index (χ0) is 20.8. The summed E-state index contributed by atoms with van der Waals surface area (Å²) in [4.78, 5) is 0. The van der Waals surface area contributed by atoms with E-state index in [4.69, 9.17) is 9.05 Å². The first-order valence-corrected chi connectivity index (χ1v) is 14.8. The van der Waals surface area contributed by atoms with Crippen LogP contribution in [-0.2, 0) is 19.2 Å². The highest BCUT2D eigenvalue weighted by atomic mass is 31.2. The molecule has 0 saturated heterocycles. The molecule has 152 valence electrons. The number of hydrogen-bond acceptors (Lipinski definition) is 4. The standard InChI is InChI=1S/C22H31O4PSi/c1-6-25-27(24,26-7-2)21(18-28(3,4)5)22(23,19-14-10-8-11-15-19)20-16-12-9-13-17-20/h8-18,23H,6-7H2,1-5H3. The summed E-state index contributed by atoms with van der Waals surface area (Å²) in [6.45, 7) is 10.4. The molecule has 0 bridgehead atoms. The molecule has 0 spiro atoms. The topological polar surface area (TPSA) is 55.8 Å². The molecule has 0 atom stereocenters. The maximum atomic E-state index is 13.9. The Labute approximate surface area is 169 Å². The van der Waals surface area contributed by atoms with Gasteiger partial charge < -0.3 is 14.2 Å². The van der Waals surface area contributed by atoms with E-state index >= 15 is 0 Å². The fraction of sp³-hybridized carbons (Fsp3) is 0.364. The SMILES string of the molecule is CCOP(=O)(OCC)C(=C[Si](C)(C)C)C(O)(c1ccccc1)c1ccccc1. The van der Waals surface area contributed by atoms with Gasteiger partial charge in [-0.3, -0.25) is 4.57 Å². The Bertz CT molecular complexity index is 779. The maximum absolute atomic E-state index is 13.9. The first kappa shape index (κ1) is 22.8. The van der Waals surface area contributed by atoms with E-state index in [0.717, 1.165) is 0 Å². The quantitative estimate of drug-likeness (QED) is 0.404. The molecular weight excluding hydrogens is 387 g/mol. The molecule has 2 aromatic rings. The van der Waals surface area contributed by atoms with Crippen LogP contribution in [0.3, 0.4) is 0 Å². The van der Waals surface area contributed by atoms with Crippen LogP contribution in [0.25, 0.3) is 0 Å². The number of aliphatic hydroxyl groups is 1. The van der Waals surface area contributed by atoms with Crippen LogP contribution in [-0.4, -0.2) is 26.4 Å².